The summed E-state index contributed by atoms with van der Waals surface area (Å²) in [6.07, 6.45) is 4.05. The third kappa shape index (κ3) is 5.27. The highest BCUT2D eigenvalue weighted by Gasteiger charge is 2.29. The molecular formula is C31H34N2O2. The van der Waals surface area contributed by atoms with Gasteiger partial charge in [-0.15, -0.1) is 0 Å². The molecule has 1 amide bonds. The Labute approximate surface area is 208 Å². The van der Waals surface area contributed by atoms with E-state index in [1.165, 1.54) is 33.2 Å². The van der Waals surface area contributed by atoms with E-state index in [1.807, 2.05) is 31.7 Å². The van der Waals surface area contributed by atoms with E-state index in [2.05, 4.69) is 83.6 Å². The first-order valence-corrected chi connectivity index (χ1v) is 12.6. The molecule has 0 radical (unpaired) electrons. The molecule has 1 saturated heterocycles. The third-order valence-electron chi connectivity index (χ3n) is 6.82. The summed E-state index contributed by atoms with van der Waals surface area (Å²) in [6.45, 7) is 8.07. The second-order valence-electron chi connectivity index (χ2n) is 10.5. The fourth-order valence-corrected chi connectivity index (χ4v) is 5.06. The Morgan fingerprint density at radius 3 is 2.17 bits per heavy atom. The van der Waals surface area contributed by atoms with Crippen LogP contribution in [0.15, 0.2) is 85.1 Å². The fourth-order valence-electron chi connectivity index (χ4n) is 5.06. The van der Waals surface area contributed by atoms with Crippen LogP contribution in [0.25, 0.3) is 22.0 Å². The van der Waals surface area contributed by atoms with Gasteiger partial charge in [0.25, 0.3) is 0 Å². The van der Waals surface area contributed by atoms with Gasteiger partial charge in [-0.2, -0.15) is 0 Å². The maximum absolute atomic E-state index is 12.5. The normalized spacial score (nSPS) is 14.9. The van der Waals surface area contributed by atoms with Gasteiger partial charge in [0.2, 0.25) is 0 Å². The molecule has 0 bridgehead atoms. The van der Waals surface area contributed by atoms with Crippen molar-refractivity contribution in [1.82, 2.24) is 9.47 Å². The van der Waals surface area contributed by atoms with Crippen LogP contribution in [0.4, 0.5) is 4.79 Å². The lowest BCUT2D eigenvalue weighted by molar-refractivity contribution is 0.0205. The number of fused-ring (bicyclic) bond motifs is 1. The van der Waals surface area contributed by atoms with Crippen LogP contribution in [0, 0.1) is 0 Å². The van der Waals surface area contributed by atoms with Crippen LogP contribution in [0.5, 0.6) is 0 Å². The molecule has 4 heteroatoms. The minimum atomic E-state index is -0.458. The Morgan fingerprint density at radius 1 is 0.857 bits per heavy atom. The fraction of sp³-hybridized carbons (Fsp3) is 0.323. The van der Waals surface area contributed by atoms with Crippen molar-refractivity contribution in [2.24, 2.45) is 0 Å². The van der Waals surface area contributed by atoms with E-state index in [9.17, 15) is 4.79 Å². The second kappa shape index (κ2) is 9.61. The van der Waals surface area contributed by atoms with Crippen molar-refractivity contribution in [3.63, 3.8) is 0 Å². The number of ether oxygens (including phenoxy) is 1. The molecule has 0 saturated carbocycles. The topological polar surface area (TPSA) is 34.5 Å². The molecule has 0 atom stereocenters. The summed E-state index contributed by atoms with van der Waals surface area (Å²) in [7, 11) is 0. The first kappa shape index (κ1) is 23.2. The molecular weight excluding hydrogens is 432 g/mol. The molecule has 1 aliphatic heterocycles. The number of piperidine rings is 1. The number of hydrogen-bond donors (Lipinski definition) is 0. The van der Waals surface area contributed by atoms with E-state index in [0.29, 0.717) is 5.92 Å². The summed E-state index contributed by atoms with van der Waals surface area (Å²) >= 11 is 0. The van der Waals surface area contributed by atoms with E-state index < -0.39 is 5.60 Å². The Balaban J connectivity index is 1.33. The number of benzene rings is 3. The Hall–Kier alpha value is -3.53. The third-order valence-corrected chi connectivity index (χ3v) is 6.82. The van der Waals surface area contributed by atoms with Crippen molar-refractivity contribution in [3.8, 4) is 11.1 Å². The number of carbonyl (C=O) groups is 1. The van der Waals surface area contributed by atoms with Crippen LogP contribution in [-0.2, 0) is 11.3 Å². The predicted molar refractivity (Wildman–Crippen MR) is 143 cm³/mol. The molecule has 4 aromatic rings. The second-order valence-corrected chi connectivity index (χ2v) is 10.5. The van der Waals surface area contributed by atoms with Crippen LogP contribution in [-0.4, -0.2) is 34.3 Å². The van der Waals surface area contributed by atoms with E-state index in [-0.39, 0.29) is 6.09 Å². The Morgan fingerprint density at radius 2 is 1.49 bits per heavy atom. The van der Waals surface area contributed by atoms with E-state index in [1.54, 1.807) is 0 Å². The molecule has 0 spiro atoms. The SMILES string of the molecule is CC(C)(C)OC(=O)N1CCC(c2cn(Cc3ccc(-c4ccccc4)cc3)c3ccccc23)CC1. The minimum absolute atomic E-state index is 0.197. The van der Waals surface area contributed by atoms with Gasteiger partial charge in [-0.1, -0.05) is 72.8 Å². The molecule has 1 aromatic heterocycles. The van der Waals surface area contributed by atoms with Crippen molar-refractivity contribution >= 4 is 17.0 Å². The first-order valence-electron chi connectivity index (χ1n) is 12.6. The number of aromatic nitrogens is 1. The minimum Gasteiger partial charge on any atom is -0.444 e. The molecule has 2 heterocycles. The van der Waals surface area contributed by atoms with Crippen LogP contribution in [0.1, 0.15) is 50.7 Å². The van der Waals surface area contributed by atoms with Gasteiger partial charge < -0.3 is 14.2 Å². The van der Waals surface area contributed by atoms with Crippen molar-refractivity contribution in [2.45, 2.75) is 51.7 Å². The lowest BCUT2D eigenvalue weighted by atomic mass is 9.89. The van der Waals surface area contributed by atoms with Gasteiger partial charge in [-0.25, -0.2) is 4.79 Å². The number of hydrogen-bond acceptors (Lipinski definition) is 2. The van der Waals surface area contributed by atoms with E-state index in [4.69, 9.17) is 4.74 Å². The van der Waals surface area contributed by atoms with Crippen LogP contribution in [0.3, 0.4) is 0 Å². The smallest absolute Gasteiger partial charge is 0.410 e. The van der Waals surface area contributed by atoms with Crippen molar-refractivity contribution in [2.75, 3.05) is 13.1 Å². The molecule has 0 aliphatic carbocycles. The zero-order chi connectivity index (χ0) is 24.4. The molecule has 180 valence electrons. The number of rotatable bonds is 4. The largest absolute Gasteiger partial charge is 0.444 e. The maximum atomic E-state index is 12.5. The molecule has 4 nitrogen and oxygen atoms in total. The Bertz CT molecular complexity index is 1290. The number of nitrogens with zero attached hydrogens (tertiary/aromatic N) is 2. The van der Waals surface area contributed by atoms with Crippen LogP contribution < -0.4 is 0 Å². The quantitative estimate of drug-likeness (QED) is 0.313. The highest BCUT2D eigenvalue weighted by atomic mass is 16.6. The van der Waals surface area contributed by atoms with Crippen molar-refractivity contribution in [1.29, 1.82) is 0 Å². The zero-order valence-electron chi connectivity index (χ0n) is 20.9. The average Bonchev–Trinajstić information content (AvgIpc) is 3.22. The van der Waals surface area contributed by atoms with Crippen molar-refractivity contribution < 1.29 is 9.53 Å². The lowest BCUT2D eigenvalue weighted by Crippen LogP contribution is -2.41. The molecule has 0 N–H and O–H groups in total. The van der Waals surface area contributed by atoms with Gasteiger partial charge in [-0.05, 0) is 67.9 Å². The highest BCUT2D eigenvalue weighted by Crippen LogP contribution is 2.35. The van der Waals surface area contributed by atoms with E-state index >= 15 is 0 Å². The van der Waals surface area contributed by atoms with Crippen LogP contribution in [0.2, 0.25) is 0 Å². The number of amides is 1. The Kier molecular flexibility index (Phi) is 6.38. The summed E-state index contributed by atoms with van der Waals surface area (Å²) in [4.78, 5) is 14.3. The standard InChI is InChI=1S/C31H34N2O2/c1-31(2,3)35-30(34)32-19-17-26(18-20-32)28-22-33(29-12-8-7-11-27(28)29)21-23-13-15-25(16-14-23)24-9-5-4-6-10-24/h4-16,22,26H,17-21H2,1-3H3. The van der Waals surface area contributed by atoms with Gasteiger partial charge >= 0.3 is 6.09 Å². The first-order chi connectivity index (χ1) is 16.9. The highest BCUT2D eigenvalue weighted by molar-refractivity contribution is 5.84. The van der Waals surface area contributed by atoms with E-state index in [0.717, 1.165) is 32.5 Å². The van der Waals surface area contributed by atoms with Gasteiger partial charge in [0.1, 0.15) is 5.60 Å². The lowest BCUT2D eigenvalue weighted by Gasteiger charge is -2.33. The van der Waals surface area contributed by atoms with Gasteiger partial charge in [0, 0.05) is 36.7 Å². The van der Waals surface area contributed by atoms with Gasteiger partial charge in [-0.3, -0.25) is 0 Å². The number of carbonyl (C=O) groups excluding carboxylic acids is 1. The molecule has 3 aromatic carbocycles. The summed E-state index contributed by atoms with van der Waals surface area (Å²) < 4.78 is 7.96. The molecule has 5 rings (SSSR count). The summed E-state index contributed by atoms with van der Waals surface area (Å²) in [5.41, 5.74) is 5.97. The van der Waals surface area contributed by atoms with Crippen molar-refractivity contribution in [3.05, 3.63) is 96.2 Å². The van der Waals surface area contributed by atoms with Gasteiger partial charge in [0.05, 0.1) is 0 Å². The van der Waals surface area contributed by atoms with Gasteiger partial charge in [0.15, 0.2) is 0 Å². The maximum Gasteiger partial charge on any atom is 0.410 e. The predicted octanol–water partition coefficient (Wildman–Crippen LogP) is 7.47. The average molecular weight is 467 g/mol. The number of likely N-dealkylation sites (tertiary alicyclic amines) is 1. The number of para-hydroxylation sites is 1. The molecule has 0 unspecified atom stereocenters. The molecule has 1 aliphatic rings. The summed E-state index contributed by atoms with van der Waals surface area (Å²) in [6, 6.07) is 28.1. The summed E-state index contributed by atoms with van der Waals surface area (Å²) in [5.74, 6) is 0.445. The van der Waals surface area contributed by atoms with Crippen LogP contribution >= 0.6 is 0 Å². The zero-order valence-corrected chi connectivity index (χ0v) is 20.9. The molecule has 35 heavy (non-hydrogen) atoms. The monoisotopic (exact) mass is 466 g/mol. The summed E-state index contributed by atoms with van der Waals surface area (Å²) in [5, 5.41) is 1.32. The molecule has 1 fully saturated rings.